The van der Waals surface area contributed by atoms with E-state index in [1.807, 2.05) is 11.8 Å². The van der Waals surface area contributed by atoms with Crippen molar-refractivity contribution in [3.8, 4) is 0 Å². The molecule has 0 amide bonds. The monoisotopic (exact) mass is 171 g/mol. The molecule has 1 atom stereocenters. The first-order valence-electron chi connectivity index (χ1n) is 3.45. The molecule has 0 aromatic carbocycles. The second-order valence-corrected chi connectivity index (χ2v) is 3.82. The molecule has 1 fully saturated rings. The Kier molecular flexibility index (Phi) is 1.61. The van der Waals surface area contributed by atoms with Gasteiger partial charge in [-0.25, -0.2) is 0 Å². The Morgan fingerprint density at radius 3 is 3.18 bits per heavy atom. The van der Waals surface area contributed by atoms with E-state index in [0.29, 0.717) is 5.82 Å². The fraction of sp³-hybridized carbons (Fsp3) is 0.667. The highest BCUT2D eigenvalue weighted by Crippen LogP contribution is 2.32. The van der Waals surface area contributed by atoms with Crippen LogP contribution >= 0.6 is 11.8 Å². The Bertz CT molecular complexity index is 230. The van der Waals surface area contributed by atoms with Gasteiger partial charge in [0.05, 0.1) is 5.54 Å². The van der Waals surface area contributed by atoms with Gasteiger partial charge in [0.2, 0.25) is 6.39 Å². The van der Waals surface area contributed by atoms with Crippen molar-refractivity contribution < 1.29 is 4.52 Å². The summed E-state index contributed by atoms with van der Waals surface area (Å²) in [6.07, 6.45) is 2.27. The minimum absolute atomic E-state index is 0.336. The molecule has 2 heterocycles. The van der Waals surface area contributed by atoms with Crippen LogP contribution in [0.2, 0.25) is 0 Å². The second-order valence-electron chi connectivity index (χ2n) is 2.71. The van der Waals surface area contributed by atoms with Crippen molar-refractivity contribution >= 4 is 11.8 Å². The van der Waals surface area contributed by atoms with E-state index in [1.54, 1.807) is 0 Å². The summed E-state index contributed by atoms with van der Waals surface area (Å²) in [5.74, 6) is 2.62. The van der Waals surface area contributed by atoms with Gasteiger partial charge in [0.1, 0.15) is 0 Å². The third-order valence-electron chi connectivity index (χ3n) is 1.86. The lowest BCUT2D eigenvalue weighted by molar-refractivity contribution is 0.381. The second kappa shape index (κ2) is 2.49. The molecule has 2 rings (SSSR count). The quantitative estimate of drug-likeness (QED) is 0.661. The molecule has 1 saturated heterocycles. The van der Waals surface area contributed by atoms with Crippen molar-refractivity contribution in [2.75, 3.05) is 11.5 Å². The van der Waals surface area contributed by atoms with Gasteiger partial charge in [-0.15, -0.1) is 0 Å². The van der Waals surface area contributed by atoms with E-state index in [9.17, 15) is 0 Å². The molecule has 0 radical (unpaired) electrons. The summed E-state index contributed by atoms with van der Waals surface area (Å²) >= 11 is 1.83. The van der Waals surface area contributed by atoms with Crippen LogP contribution in [0.15, 0.2) is 10.9 Å². The van der Waals surface area contributed by atoms with Crippen molar-refractivity contribution in [1.82, 2.24) is 10.1 Å². The van der Waals surface area contributed by atoms with Gasteiger partial charge >= 0.3 is 0 Å². The number of thioether (sulfide) groups is 1. The van der Waals surface area contributed by atoms with Crippen LogP contribution in [0.25, 0.3) is 0 Å². The Balaban J connectivity index is 2.27. The fourth-order valence-electron chi connectivity index (χ4n) is 1.15. The molecule has 1 aliphatic heterocycles. The lowest BCUT2D eigenvalue weighted by Gasteiger charge is -2.16. The summed E-state index contributed by atoms with van der Waals surface area (Å²) in [5, 5.41) is 3.75. The van der Waals surface area contributed by atoms with Gasteiger partial charge in [-0.05, 0) is 12.2 Å². The van der Waals surface area contributed by atoms with Crippen LogP contribution in [0, 0.1) is 0 Å². The molecule has 1 aliphatic rings. The van der Waals surface area contributed by atoms with Gasteiger partial charge in [-0.1, -0.05) is 5.16 Å². The Hall–Kier alpha value is -0.550. The molecule has 4 nitrogen and oxygen atoms in total. The van der Waals surface area contributed by atoms with Gasteiger partial charge in [-0.2, -0.15) is 16.7 Å². The van der Waals surface area contributed by atoms with Crippen LogP contribution in [0.1, 0.15) is 12.2 Å². The van der Waals surface area contributed by atoms with Crippen molar-refractivity contribution in [2.24, 2.45) is 5.73 Å². The average molecular weight is 171 g/mol. The van der Waals surface area contributed by atoms with Gasteiger partial charge in [0, 0.05) is 5.75 Å². The Morgan fingerprint density at radius 1 is 1.73 bits per heavy atom. The van der Waals surface area contributed by atoms with Crippen molar-refractivity contribution in [3.05, 3.63) is 12.2 Å². The van der Waals surface area contributed by atoms with Crippen molar-refractivity contribution in [1.29, 1.82) is 0 Å². The largest absolute Gasteiger partial charge is 0.343 e. The number of nitrogens with zero attached hydrogens (tertiary/aromatic N) is 2. The summed E-state index contributed by atoms with van der Waals surface area (Å²) in [7, 11) is 0. The smallest absolute Gasteiger partial charge is 0.213 e. The van der Waals surface area contributed by atoms with Gasteiger partial charge in [0.25, 0.3) is 0 Å². The minimum atomic E-state index is -0.336. The lowest BCUT2D eigenvalue weighted by Crippen LogP contribution is -2.37. The van der Waals surface area contributed by atoms with E-state index in [4.69, 9.17) is 5.73 Å². The van der Waals surface area contributed by atoms with Crippen LogP contribution in [0.4, 0.5) is 0 Å². The minimum Gasteiger partial charge on any atom is -0.343 e. The number of aromatic nitrogens is 2. The first-order valence-corrected chi connectivity index (χ1v) is 4.60. The normalized spacial score (nSPS) is 31.0. The summed E-state index contributed by atoms with van der Waals surface area (Å²) in [5.41, 5.74) is 5.68. The molecule has 0 bridgehead atoms. The maximum atomic E-state index is 6.02. The first kappa shape index (κ1) is 7.12. The van der Waals surface area contributed by atoms with Crippen LogP contribution in [0.3, 0.4) is 0 Å². The van der Waals surface area contributed by atoms with Gasteiger partial charge in [-0.3, -0.25) is 0 Å². The zero-order valence-corrected chi connectivity index (χ0v) is 6.80. The van der Waals surface area contributed by atoms with Crippen molar-refractivity contribution in [3.63, 3.8) is 0 Å². The zero-order valence-electron chi connectivity index (χ0n) is 5.99. The fourth-order valence-corrected chi connectivity index (χ4v) is 2.44. The van der Waals surface area contributed by atoms with E-state index < -0.39 is 0 Å². The van der Waals surface area contributed by atoms with Crippen LogP contribution < -0.4 is 5.73 Å². The van der Waals surface area contributed by atoms with E-state index >= 15 is 0 Å². The molecule has 2 N–H and O–H groups in total. The van der Waals surface area contributed by atoms with Crippen LogP contribution in [0.5, 0.6) is 0 Å². The van der Waals surface area contributed by atoms with E-state index in [2.05, 4.69) is 14.7 Å². The molecular formula is C6H9N3OS. The van der Waals surface area contributed by atoms with E-state index in [0.717, 1.165) is 17.9 Å². The molecule has 1 aromatic heterocycles. The zero-order chi connectivity index (χ0) is 7.73. The summed E-state index contributed by atoms with van der Waals surface area (Å²) in [6.45, 7) is 0. The molecule has 0 aliphatic carbocycles. The topological polar surface area (TPSA) is 64.9 Å². The van der Waals surface area contributed by atoms with E-state index in [1.165, 1.54) is 6.39 Å². The van der Waals surface area contributed by atoms with Crippen LogP contribution in [-0.4, -0.2) is 21.6 Å². The molecule has 60 valence electrons. The van der Waals surface area contributed by atoms with Gasteiger partial charge in [0.15, 0.2) is 5.82 Å². The summed E-state index contributed by atoms with van der Waals surface area (Å²) in [6, 6.07) is 0. The highest BCUT2D eigenvalue weighted by Gasteiger charge is 2.35. The molecule has 5 heteroatoms. The lowest BCUT2D eigenvalue weighted by atomic mass is 10.0. The number of hydrogen-bond donors (Lipinski definition) is 1. The number of nitrogens with two attached hydrogens (primary N) is 1. The standard InChI is InChI=1S/C6H9N3OS/c7-6(1-2-11-3-6)5-8-4-10-9-5/h4H,1-3,7H2. The predicted octanol–water partition coefficient (Wildman–Crippen LogP) is 0.360. The summed E-state index contributed by atoms with van der Waals surface area (Å²) in [4.78, 5) is 3.95. The maximum absolute atomic E-state index is 6.02. The first-order chi connectivity index (χ1) is 5.31. The molecule has 0 spiro atoms. The average Bonchev–Trinajstić information content (AvgIpc) is 2.55. The Labute approximate surface area is 68.5 Å². The Morgan fingerprint density at radius 2 is 2.64 bits per heavy atom. The number of rotatable bonds is 1. The SMILES string of the molecule is NC1(c2ncon2)CCSC1. The highest BCUT2D eigenvalue weighted by molar-refractivity contribution is 7.99. The van der Waals surface area contributed by atoms with Gasteiger partial charge < -0.3 is 10.3 Å². The van der Waals surface area contributed by atoms with E-state index in [-0.39, 0.29) is 5.54 Å². The molecule has 0 saturated carbocycles. The summed E-state index contributed by atoms with van der Waals surface area (Å²) < 4.78 is 4.64. The third-order valence-corrected chi connectivity index (χ3v) is 3.07. The molecular weight excluding hydrogens is 162 g/mol. The molecule has 1 unspecified atom stereocenters. The third kappa shape index (κ3) is 1.14. The molecule has 11 heavy (non-hydrogen) atoms. The highest BCUT2D eigenvalue weighted by atomic mass is 32.2. The maximum Gasteiger partial charge on any atom is 0.213 e. The van der Waals surface area contributed by atoms with Crippen LogP contribution in [-0.2, 0) is 5.54 Å². The number of hydrogen-bond acceptors (Lipinski definition) is 5. The molecule has 1 aromatic rings. The van der Waals surface area contributed by atoms with Crippen molar-refractivity contribution in [2.45, 2.75) is 12.0 Å². The predicted molar refractivity (Wildman–Crippen MR) is 42.1 cm³/mol.